The van der Waals surface area contributed by atoms with Gasteiger partial charge in [-0.15, -0.1) is 0 Å². The number of hydrogen-bond donors (Lipinski definition) is 1. The zero-order valence-electron chi connectivity index (χ0n) is 8.40. The third kappa shape index (κ3) is 1.41. The van der Waals surface area contributed by atoms with Crippen LogP contribution in [0.2, 0.25) is 0 Å². The zero-order valence-corrected chi connectivity index (χ0v) is 8.40. The second kappa shape index (κ2) is 3.48. The number of nitrogens with zero attached hydrogens (tertiary/aromatic N) is 3. The summed E-state index contributed by atoms with van der Waals surface area (Å²) in [6.07, 6.45) is 0. The number of fused-ring (bicyclic) bond motifs is 1. The van der Waals surface area contributed by atoms with Gasteiger partial charge in [0.15, 0.2) is 0 Å². The van der Waals surface area contributed by atoms with E-state index in [0.717, 1.165) is 0 Å². The molecule has 5 heteroatoms. The maximum absolute atomic E-state index is 11.4. The first-order valence-electron chi connectivity index (χ1n) is 4.50. The lowest BCUT2D eigenvalue weighted by molar-refractivity contribution is 1.21. The van der Waals surface area contributed by atoms with Crippen molar-refractivity contribution in [2.24, 2.45) is 0 Å². The van der Waals surface area contributed by atoms with Crippen molar-refractivity contribution in [1.29, 1.82) is 10.5 Å². The summed E-state index contributed by atoms with van der Waals surface area (Å²) < 4.78 is 0. The van der Waals surface area contributed by atoms with Crippen LogP contribution in [-0.2, 0) is 0 Å². The fourth-order valence-corrected chi connectivity index (χ4v) is 1.43. The molecule has 2 heterocycles. The summed E-state index contributed by atoms with van der Waals surface area (Å²) in [5.74, 6) is 0. The van der Waals surface area contributed by atoms with Crippen LogP contribution in [0, 0.1) is 29.6 Å². The standard InChI is InChI=1S/C11H6N4O/c1-6-2-8-9(14-10(6)5-13)3-7(4-12)11(16)15-8/h2-3H,1H3,(H,15,16). The fraction of sp³-hybridized carbons (Fsp3) is 0.0909. The molecule has 0 radical (unpaired) electrons. The van der Waals surface area contributed by atoms with Gasteiger partial charge < -0.3 is 4.98 Å². The van der Waals surface area contributed by atoms with Crippen molar-refractivity contribution in [3.05, 3.63) is 39.3 Å². The molecular formula is C11H6N4O. The van der Waals surface area contributed by atoms with E-state index in [1.165, 1.54) is 6.07 Å². The number of aryl methyl sites for hydroxylation is 1. The van der Waals surface area contributed by atoms with Gasteiger partial charge >= 0.3 is 0 Å². The van der Waals surface area contributed by atoms with E-state index >= 15 is 0 Å². The van der Waals surface area contributed by atoms with E-state index in [4.69, 9.17) is 10.5 Å². The molecule has 0 aliphatic carbocycles. The Morgan fingerprint density at radius 1 is 1.31 bits per heavy atom. The van der Waals surface area contributed by atoms with E-state index in [1.807, 2.05) is 6.07 Å². The largest absolute Gasteiger partial charge is 0.319 e. The van der Waals surface area contributed by atoms with Crippen LogP contribution >= 0.6 is 0 Å². The molecule has 0 bridgehead atoms. The van der Waals surface area contributed by atoms with Crippen LogP contribution in [0.15, 0.2) is 16.9 Å². The van der Waals surface area contributed by atoms with E-state index in [-0.39, 0.29) is 5.56 Å². The smallest absolute Gasteiger partial charge is 0.266 e. The van der Waals surface area contributed by atoms with Crippen molar-refractivity contribution in [1.82, 2.24) is 9.97 Å². The molecule has 0 aromatic carbocycles. The molecule has 1 N–H and O–H groups in total. The molecule has 2 aromatic rings. The van der Waals surface area contributed by atoms with Gasteiger partial charge in [-0.25, -0.2) is 4.98 Å². The Balaban J connectivity index is 2.90. The number of aromatic nitrogens is 2. The van der Waals surface area contributed by atoms with Crippen LogP contribution in [0.3, 0.4) is 0 Å². The van der Waals surface area contributed by atoms with Crippen LogP contribution in [0.1, 0.15) is 16.8 Å². The number of nitriles is 2. The second-order valence-corrected chi connectivity index (χ2v) is 3.32. The van der Waals surface area contributed by atoms with Crippen molar-refractivity contribution in [2.75, 3.05) is 0 Å². The lowest BCUT2D eigenvalue weighted by atomic mass is 10.1. The molecule has 0 saturated carbocycles. The average Bonchev–Trinajstić information content (AvgIpc) is 2.27. The molecule has 0 amide bonds. The summed E-state index contributed by atoms with van der Waals surface area (Å²) in [6, 6.07) is 6.78. The van der Waals surface area contributed by atoms with Gasteiger partial charge in [0, 0.05) is 0 Å². The average molecular weight is 210 g/mol. The van der Waals surface area contributed by atoms with E-state index in [1.54, 1.807) is 19.1 Å². The van der Waals surface area contributed by atoms with Gasteiger partial charge in [-0.05, 0) is 24.6 Å². The summed E-state index contributed by atoms with van der Waals surface area (Å²) in [7, 11) is 0. The van der Waals surface area contributed by atoms with Gasteiger partial charge in [0.25, 0.3) is 5.56 Å². The van der Waals surface area contributed by atoms with Gasteiger partial charge in [0.05, 0.1) is 11.0 Å². The number of hydrogen-bond acceptors (Lipinski definition) is 4. The molecule has 0 aliphatic rings. The summed E-state index contributed by atoms with van der Waals surface area (Å²) in [6.45, 7) is 1.74. The normalized spacial score (nSPS) is 9.69. The van der Waals surface area contributed by atoms with Crippen molar-refractivity contribution in [3.8, 4) is 12.1 Å². The number of pyridine rings is 2. The Kier molecular flexibility index (Phi) is 2.15. The van der Waals surface area contributed by atoms with Gasteiger partial charge in [-0.1, -0.05) is 0 Å². The minimum absolute atomic E-state index is 0.00672. The maximum Gasteiger partial charge on any atom is 0.266 e. The van der Waals surface area contributed by atoms with E-state index in [0.29, 0.717) is 22.3 Å². The Bertz CT molecular complexity index is 716. The second-order valence-electron chi connectivity index (χ2n) is 3.32. The number of rotatable bonds is 0. The summed E-state index contributed by atoms with van der Waals surface area (Å²) in [5.41, 5.74) is 1.51. The fourth-order valence-electron chi connectivity index (χ4n) is 1.43. The molecular weight excluding hydrogens is 204 g/mol. The Hall–Kier alpha value is -2.66. The van der Waals surface area contributed by atoms with Crippen molar-refractivity contribution >= 4 is 11.0 Å². The highest BCUT2D eigenvalue weighted by molar-refractivity contribution is 5.76. The first-order valence-corrected chi connectivity index (χ1v) is 4.50. The molecule has 0 saturated heterocycles. The Morgan fingerprint density at radius 3 is 2.69 bits per heavy atom. The van der Waals surface area contributed by atoms with E-state index in [9.17, 15) is 4.79 Å². The van der Waals surface area contributed by atoms with Crippen molar-refractivity contribution in [3.63, 3.8) is 0 Å². The molecule has 0 unspecified atom stereocenters. The maximum atomic E-state index is 11.4. The van der Waals surface area contributed by atoms with Crippen LogP contribution < -0.4 is 5.56 Å². The van der Waals surface area contributed by atoms with Crippen molar-refractivity contribution in [2.45, 2.75) is 6.92 Å². The Morgan fingerprint density at radius 2 is 2.06 bits per heavy atom. The van der Waals surface area contributed by atoms with Gasteiger partial charge in [0.2, 0.25) is 0 Å². The van der Waals surface area contributed by atoms with Crippen LogP contribution in [0.25, 0.3) is 11.0 Å². The summed E-state index contributed by atoms with van der Waals surface area (Å²) >= 11 is 0. The molecule has 0 atom stereocenters. The molecule has 2 rings (SSSR count). The molecule has 76 valence electrons. The predicted molar refractivity (Wildman–Crippen MR) is 56.5 cm³/mol. The quantitative estimate of drug-likeness (QED) is 0.701. The molecule has 0 aliphatic heterocycles. The summed E-state index contributed by atoms with van der Waals surface area (Å²) in [5, 5.41) is 17.5. The first-order chi connectivity index (χ1) is 7.65. The SMILES string of the molecule is Cc1cc2[nH]c(=O)c(C#N)cc2nc1C#N. The van der Waals surface area contributed by atoms with E-state index < -0.39 is 5.56 Å². The zero-order chi connectivity index (χ0) is 11.7. The van der Waals surface area contributed by atoms with Crippen LogP contribution in [0.5, 0.6) is 0 Å². The van der Waals surface area contributed by atoms with Gasteiger partial charge in [-0.2, -0.15) is 10.5 Å². The van der Waals surface area contributed by atoms with E-state index in [2.05, 4.69) is 9.97 Å². The minimum atomic E-state index is -0.444. The highest BCUT2D eigenvalue weighted by Crippen LogP contribution is 2.13. The topological polar surface area (TPSA) is 93.3 Å². The molecule has 0 spiro atoms. The number of H-pyrrole nitrogens is 1. The van der Waals surface area contributed by atoms with Crippen LogP contribution in [0.4, 0.5) is 0 Å². The third-order valence-corrected chi connectivity index (χ3v) is 2.24. The monoisotopic (exact) mass is 210 g/mol. The Labute approximate surface area is 90.6 Å². The summed E-state index contributed by atoms with van der Waals surface area (Å²) in [4.78, 5) is 18.0. The predicted octanol–water partition coefficient (Wildman–Crippen LogP) is 0.975. The third-order valence-electron chi connectivity index (χ3n) is 2.24. The minimum Gasteiger partial charge on any atom is -0.319 e. The highest BCUT2D eigenvalue weighted by Gasteiger charge is 2.06. The molecule has 16 heavy (non-hydrogen) atoms. The lowest BCUT2D eigenvalue weighted by Crippen LogP contribution is -2.10. The first kappa shape index (κ1) is 9.88. The van der Waals surface area contributed by atoms with Crippen LogP contribution in [-0.4, -0.2) is 9.97 Å². The van der Waals surface area contributed by atoms with Crippen molar-refractivity contribution < 1.29 is 0 Å². The molecule has 5 nitrogen and oxygen atoms in total. The molecule has 0 fully saturated rings. The highest BCUT2D eigenvalue weighted by atomic mass is 16.1. The number of aromatic amines is 1. The lowest BCUT2D eigenvalue weighted by Gasteiger charge is -2.01. The van der Waals surface area contributed by atoms with Gasteiger partial charge in [-0.3, -0.25) is 4.79 Å². The molecule has 2 aromatic heterocycles. The van der Waals surface area contributed by atoms with Gasteiger partial charge in [0.1, 0.15) is 23.4 Å². The number of nitrogens with one attached hydrogen (secondary N) is 1.